The zero-order valence-corrected chi connectivity index (χ0v) is 13.4. The second-order valence-corrected chi connectivity index (χ2v) is 6.28. The fraction of sp³-hybridized carbons (Fsp3) is 0.867. The molecule has 2 fully saturated rings. The van der Waals surface area contributed by atoms with Crippen LogP contribution in [-0.2, 0) is 4.79 Å². The van der Waals surface area contributed by atoms with Crippen molar-refractivity contribution in [2.45, 2.75) is 26.7 Å². The molecule has 6 heteroatoms. The number of hydrogen-bond donors (Lipinski definition) is 1. The number of amides is 1. The number of piperazine rings is 1. The molecule has 0 bridgehead atoms. The van der Waals surface area contributed by atoms with Gasteiger partial charge in [0.25, 0.3) is 0 Å². The first kappa shape index (κ1) is 16.1. The molecule has 0 radical (unpaired) electrons. The van der Waals surface area contributed by atoms with Crippen molar-refractivity contribution in [3.05, 3.63) is 0 Å². The van der Waals surface area contributed by atoms with E-state index in [-0.39, 0.29) is 5.91 Å². The minimum atomic E-state index is 0.177. The molecule has 2 N–H and O–H groups in total. The van der Waals surface area contributed by atoms with Crippen LogP contribution in [0.2, 0.25) is 0 Å². The molecule has 0 aromatic heterocycles. The van der Waals surface area contributed by atoms with E-state index in [1.165, 1.54) is 12.8 Å². The Morgan fingerprint density at radius 1 is 1.19 bits per heavy atom. The van der Waals surface area contributed by atoms with Crippen LogP contribution in [0.5, 0.6) is 0 Å². The van der Waals surface area contributed by atoms with Crippen LogP contribution in [0.25, 0.3) is 0 Å². The number of carbonyl (C=O) groups is 1. The Hall–Kier alpha value is -1.30. The quantitative estimate of drug-likeness (QED) is 0.596. The van der Waals surface area contributed by atoms with Gasteiger partial charge in [-0.05, 0) is 18.8 Å². The average Bonchev–Trinajstić information content (AvgIpc) is 2.47. The molecule has 6 nitrogen and oxygen atoms in total. The summed E-state index contributed by atoms with van der Waals surface area (Å²) in [6.07, 6.45) is 2.51. The summed E-state index contributed by atoms with van der Waals surface area (Å²) in [6, 6.07) is 0. The van der Waals surface area contributed by atoms with E-state index >= 15 is 0 Å². The first-order valence-electron chi connectivity index (χ1n) is 8.09. The highest BCUT2D eigenvalue weighted by atomic mass is 16.2. The van der Waals surface area contributed by atoms with Gasteiger partial charge in [-0.25, -0.2) is 0 Å². The molecule has 0 aromatic carbocycles. The molecule has 21 heavy (non-hydrogen) atoms. The summed E-state index contributed by atoms with van der Waals surface area (Å²) in [5.74, 6) is 1.59. The molecular formula is C15H29N5O. The average molecular weight is 295 g/mol. The molecule has 2 saturated heterocycles. The highest BCUT2D eigenvalue weighted by molar-refractivity contribution is 5.78. The van der Waals surface area contributed by atoms with E-state index in [1.807, 2.05) is 4.90 Å². The van der Waals surface area contributed by atoms with Crippen LogP contribution >= 0.6 is 0 Å². The maximum atomic E-state index is 11.3. The smallest absolute Gasteiger partial charge is 0.219 e. The van der Waals surface area contributed by atoms with Gasteiger partial charge in [-0.3, -0.25) is 14.7 Å². The number of hydrogen-bond acceptors (Lipinski definition) is 3. The van der Waals surface area contributed by atoms with Gasteiger partial charge in [0.05, 0.1) is 6.54 Å². The van der Waals surface area contributed by atoms with Gasteiger partial charge in [-0.15, -0.1) is 0 Å². The van der Waals surface area contributed by atoms with Crippen molar-refractivity contribution in [2.24, 2.45) is 16.6 Å². The maximum Gasteiger partial charge on any atom is 0.219 e. The van der Waals surface area contributed by atoms with Gasteiger partial charge in [0.2, 0.25) is 5.91 Å². The summed E-state index contributed by atoms with van der Waals surface area (Å²) in [5.41, 5.74) is 6.09. The van der Waals surface area contributed by atoms with Gasteiger partial charge in [0, 0.05) is 52.7 Å². The van der Waals surface area contributed by atoms with Gasteiger partial charge in [0.15, 0.2) is 5.96 Å². The number of nitrogens with zero attached hydrogens (tertiary/aromatic N) is 4. The SMILES string of the molecule is CC(=O)N1CCN(CCN=C(N)N2CCCC(C)C2)CC1. The van der Waals surface area contributed by atoms with Crippen molar-refractivity contribution in [3.8, 4) is 0 Å². The summed E-state index contributed by atoms with van der Waals surface area (Å²) >= 11 is 0. The third-order valence-electron chi connectivity index (χ3n) is 4.49. The molecule has 2 aliphatic rings. The summed E-state index contributed by atoms with van der Waals surface area (Å²) < 4.78 is 0. The molecule has 1 atom stereocenters. The fourth-order valence-electron chi connectivity index (χ4n) is 3.09. The topological polar surface area (TPSA) is 65.2 Å². The predicted molar refractivity (Wildman–Crippen MR) is 85.2 cm³/mol. The summed E-state index contributed by atoms with van der Waals surface area (Å²) in [7, 11) is 0. The molecule has 2 aliphatic heterocycles. The second-order valence-electron chi connectivity index (χ2n) is 6.28. The van der Waals surface area contributed by atoms with E-state index in [0.29, 0.717) is 11.9 Å². The number of rotatable bonds is 3. The Kier molecular flexibility index (Phi) is 5.85. The van der Waals surface area contributed by atoms with E-state index in [2.05, 4.69) is 21.7 Å². The zero-order chi connectivity index (χ0) is 15.2. The van der Waals surface area contributed by atoms with E-state index < -0.39 is 0 Å². The van der Waals surface area contributed by atoms with Crippen LogP contribution in [0.1, 0.15) is 26.7 Å². The van der Waals surface area contributed by atoms with E-state index in [0.717, 1.165) is 52.4 Å². The molecule has 0 aromatic rings. The molecule has 0 aliphatic carbocycles. The fourth-order valence-corrected chi connectivity index (χ4v) is 3.09. The lowest BCUT2D eigenvalue weighted by atomic mass is 10.0. The standard InChI is InChI=1S/C15H29N5O/c1-13-4-3-6-20(12-13)15(16)17-5-7-18-8-10-19(11-9-18)14(2)21/h13H,3-12H2,1-2H3,(H2,16,17). The lowest BCUT2D eigenvalue weighted by molar-refractivity contribution is -0.130. The van der Waals surface area contributed by atoms with Crippen LogP contribution in [0.3, 0.4) is 0 Å². The van der Waals surface area contributed by atoms with Crippen molar-refractivity contribution in [1.82, 2.24) is 14.7 Å². The molecular weight excluding hydrogens is 266 g/mol. The molecule has 1 unspecified atom stereocenters. The molecule has 0 spiro atoms. The van der Waals surface area contributed by atoms with Crippen LogP contribution in [-0.4, -0.2) is 78.9 Å². The lowest BCUT2D eigenvalue weighted by Gasteiger charge is -2.34. The van der Waals surface area contributed by atoms with Gasteiger partial charge >= 0.3 is 0 Å². The van der Waals surface area contributed by atoms with E-state index in [9.17, 15) is 4.79 Å². The van der Waals surface area contributed by atoms with E-state index in [1.54, 1.807) is 6.92 Å². The first-order chi connectivity index (χ1) is 10.1. The monoisotopic (exact) mass is 295 g/mol. The van der Waals surface area contributed by atoms with Crippen LogP contribution in [0, 0.1) is 5.92 Å². The van der Waals surface area contributed by atoms with Gasteiger partial charge in [-0.2, -0.15) is 0 Å². The summed E-state index contributed by atoms with van der Waals surface area (Å²) in [5, 5.41) is 0. The number of likely N-dealkylation sites (tertiary alicyclic amines) is 1. The lowest BCUT2D eigenvalue weighted by Crippen LogP contribution is -2.48. The Bertz CT molecular complexity index is 376. The van der Waals surface area contributed by atoms with Gasteiger partial charge < -0.3 is 15.5 Å². The minimum absolute atomic E-state index is 0.177. The molecule has 1 amide bonds. The third-order valence-corrected chi connectivity index (χ3v) is 4.49. The number of guanidine groups is 1. The third kappa shape index (κ3) is 4.88. The van der Waals surface area contributed by atoms with Crippen molar-refractivity contribution in [3.63, 3.8) is 0 Å². The molecule has 2 heterocycles. The Morgan fingerprint density at radius 2 is 1.90 bits per heavy atom. The minimum Gasteiger partial charge on any atom is -0.370 e. The Balaban J connectivity index is 1.69. The number of aliphatic imine (C=N–C) groups is 1. The zero-order valence-electron chi connectivity index (χ0n) is 13.4. The van der Waals surface area contributed by atoms with Crippen LogP contribution in [0.15, 0.2) is 4.99 Å². The van der Waals surface area contributed by atoms with Crippen molar-refractivity contribution < 1.29 is 4.79 Å². The molecule has 0 saturated carbocycles. The van der Waals surface area contributed by atoms with Crippen LogP contribution in [0.4, 0.5) is 0 Å². The number of piperidine rings is 1. The van der Waals surface area contributed by atoms with Gasteiger partial charge in [0.1, 0.15) is 0 Å². The first-order valence-corrected chi connectivity index (χ1v) is 8.09. The predicted octanol–water partition coefficient (Wildman–Crippen LogP) is 0.197. The molecule has 2 rings (SSSR count). The summed E-state index contributed by atoms with van der Waals surface area (Å²) in [6.45, 7) is 11.2. The highest BCUT2D eigenvalue weighted by Gasteiger charge is 2.19. The van der Waals surface area contributed by atoms with Crippen molar-refractivity contribution >= 4 is 11.9 Å². The normalized spacial score (nSPS) is 25.2. The molecule has 120 valence electrons. The summed E-state index contributed by atoms with van der Waals surface area (Å²) in [4.78, 5) is 22.3. The van der Waals surface area contributed by atoms with Gasteiger partial charge in [-0.1, -0.05) is 6.92 Å². The maximum absolute atomic E-state index is 11.3. The Labute approximate surface area is 128 Å². The van der Waals surface area contributed by atoms with E-state index in [4.69, 9.17) is 5.73 Å². The van der Waals surface area contributed by atoms with Crippen LogP contribution < -0.4 is 5.73 Å². The Morgan fingerprint density at radius 3 is 2.52 bits per heavy atom. The van der Waals surface area contributed by atoms with Crippen molar-refractivity contribution in [1.29, 1.82) is 0 Å². The number of carbonyl (C=O) groups excluding carboxylic acids is 1. The highest BCUT2D eigenvalue weighted by Crippen LogP contribution is 2.14. The largest absolute Gasteiger partial charge is 0.370 e. The van der Waals surface area contributed by atoms with Crippen molar-refractivity contribution in [2.75, 3.05) is 52.4 Å². The number of nitrogens with two attached hydrogens (primary N) is 1. The second kappa shape index (κ2) is 7.64.